The minimum atomic E-state index is -4.38. The van der Waals surface area contributed by atoms with Crippen LogP contribution < -0.4 is 0 Å². The summed E-state index contributed by atoms with van der Waals surface area (Å²) in [5.41, 5.74) is 0. The summed E-state index contributed by atoms with van der Waals surface area (Å²) in [6.07, 6.45) is 34.3. The Bertz CT molecular complexity index is 918. The minimum absolute atomic E-state index is 0.0210. The number of ether oxygens (including phenoxy) is 2. The predicted octanol–water partition coefficient (Wildman–Crippen LogP) is 10.8. The number of carbonyl (C=O) groups is 2. The van der Waals surface area contributed by atoms with Gasteiger partial charge in [0.25, 0.3) is 0 Å². The van der Waals surface area contributed by atoms with Gasteiger partial charge in [0.2, 0.25) is 0 Å². The summed E-state index contributed by atoms with van der Waals surface area (Å²) in [5, 5.41) is 0. The van der Waals surface area contributed by atoms with E-state index in [9.17, 15) is 19.0 Å². The molecule has 0 aliphatic heterocycles. The Kier molecular flexibility index (Phi) is 32.3. The number of hydrogen-bond acceptors (Lipinski definition) is 7. The van der Waals surface area contributed by atoms with Gasteiger partial charge in [-0.15, -0.1) is 0 Å². The van der Waals surface area contributed by atoms with Gasteiger partial charge < -0.3 is 18.9 Å². The fourth-order valence-electron chi connectivity index (χ4n) is 5.40. The van der Waals surface area contributed by atoms with Crippen LogP contribution in [0.1, 0.15) is 168 Å². The van der Waals surface area contributed by atoms with E-state index < -0.39 is 32.5 Å². The second-order valence-corrected chi connectivity index (χ2v) is 16.2. The lowest BCUT2D eigenvalue weighted by atomic mass is 10.1. The molecule has 1 N–H and O–H groups in total. The van der Waals surface area contributed by atoms with Crippen molar-refractivity contribution in [2.45, 2.75) is 174 Å². The lowest BCUT2D eigenvalue weighted by Gasteiger charge is -2.24. The number of quaternary nitrogens is 1. The van der Waals surface area contributed by atoms with E-state index in [0.29, 0.717) is 17.4 Å². The lowest BCUT2D eigenvalue weighted by molar-refractivity contribution is -0.870. The van der Waals surface area contributed by atoms with E-state index in [-0.39, 0.29) is 19.6 Å². The smallest absolute Gasteiger partial charge is 0.458 e. The van der Waals surface area contributed by atoms with Crippen molar-refractivity contribution in [3.63, 3.8) is 0 Å². The van der Waals surface area contributed by atoms with Gasteiger partial charge in [-0.25, -0.2) is 9.36 Å². The molecule has 1 unspecified atom stereocenters. The second kappa shape index (κ2) is 33.3. The monoisotopic (exact) mass is 731 g/mol. The van der Waals surface area contributed by atoms with Gasteiger partial charge in [0.1, 0.15) is 19.8 Å². The first-order valence-electron chi connectivity index (χ1n) is 20.1. The highest BCUT2D eigenvalue weighted by Gasteiger charge is 2.26. The molecule has 0 bridgehead atoms. The number of unbranched alkanes of at least 4 members (excludes halogenated alkanes) is 21. The number of phosphoric ester groups is 1. The maximum Gasteiger partial charge on any atom is 0.472 e. The van der Waals surface area contributed by atoms with Crippen molar-refractivity contribution < 1.29 is 42.1 Å². The highest BCUT2D eigenvalue weighted by atomic mass is 31.2. The molecule has 2 atom stereocenters. The molecular weight excluding hydrogens is 653 g/mol. The van der Waals surface area contributed by atoms with Crippen LogP contribution in [0, 0.1) is 0 Å². The third-order valence-electron chi connectivity index (χ3n) is 8.59. The molecule has 0 aromatic heterocycles. The largest absolute Gasteiger partial charge is 0.472 e. The van der Waals surface area contributed by atoms with E-state index in [1.165, 1.54) is 115 Å². The number of rotatable bonds is 36. The molecule has 0 aromatic rings. The number of hydrogen-bond donors (Lipinski definition) is 1. The van der Waals surface area contributed by atoms with Crippen molar-refractivity contribution in [1.82, 2.24) is 0 Å². The first kappa shape index (κ1) is 48.5. The van der Waals surface area contributed by atoms with E-state index in [4.69, 9.17) is 18.5 Å². The van der Waals surface area contributed by atoms with Gasteiger partial charge >= 0.3 is 19.8 Å². The van der Waals surface area contributed by atoms with Crippen LogP contribution in [0.15, 0.2) is 24.3 Å². The number of esters is 2. The molecule has 9 nitrogen and oxygen atoms in total. The van der Waals surface area contributed by atoms with Gasteiger partial charge in [-0.05, 0) is 19.3 Å². The van der Waals surface area contributed by atoms with Crippen molar-refractivity contribution in [3.05, 3.63) is 24.3 Å². The summed E-state index contributed by atoms with van der Waals surface area (Å²) in [7, 11) is 1.44. The Morgan fingerprint density at radius 3 is 1.64 bits per heavy atom. The Balaban J connectivity index is 4.50. The molecule has 0 spiro atoms. The zero-order valence-corrected chi connectivity index (χ0v) is 33.8. The van der Waals surface area contributed by atoms with Crippen LogP contribution in [-0.4, -0.2) is 74.9 Å². The number of phosphoric acid groups is 1. The summed E-state index contributed by atoms with van der Waals surface area (Å²) < 4.78 is 34.0. The van der Waals surface area contributed by atoms with Crippen LogP contribution >= 0.6 is 7.82 Å². The van der Waals surface area contributed by atoms with Gasteiger partial charge in [-0.3, -0.25) is 13.8 Å². The van der Waals surface area contributed by atoms with Crippen LogP contribution in [0.3, 0.4) is 0 Å². The van der Waals surface area contributed by atoms with E-state index in [1.807, 2.05) is 33.3 Å². The topological polar surface area (TPSA) is 108 Å². The fourth-order valence-corrected chi connectivity index (χ4v) is 6.14. The van der Waals surface area contributed by atoms with E-state index >= 15 is 0 Å². The quantitative estimate of drug-likeness (QED) is 0.0169. The van der Waals surface area contributed by atoms with Crippen LogP contribution in [0.4, 0.5) is 0 Å². The summed E-state index contributed by atoms with van der Waals surface area (Å²) in [5.74, 6) is -1.05. The average Bonchev–Trinajstić information content (AvgIpc) is 3.06. The molecule has 0 saturated heterocycles. The molecule has 0 aliphatic rings. The Morgan fingerprint density at radius 1 is 0.660 bits per heavy atom. The van der Waals surface area contributed by atoms with Crippen LogP contribution in [0.5, 0.6) is 0 Å². The van der Waals surface area contributed by atoms with Crippen molar-refractivity contribution in [2.75, 3.05) is 47.5 Å². The molecule has 0 saturated carbocycles. The molecule has 10 heteroatoms. The molecular formula is C40H77NO8P+. The first-order valence-corrected chi connectivity index (χ1v) is 21.6. The zero-order valence-electron chi connectivity index (χ0n) is 32.9. The second-order valence-electron chi connectivity index (χ2n) is 14.8. The first-order chi connectivity index (χ1) is 24.0. The van der Waals surface area contributed by atoms with Crippen LogP contribution in [-0.2, 0) is 32.7 Å². The highest BCUT2D eigenvalue weighted by molar-refractivity contribution is 7.47. The molecule has 0 aromatic carbocycles. The van der Waals surface area contributed by atoms with Gasteiger partial charge in [-0.2, -0.15) is 0 Å². The Labute approximate surface area is 307 Å². The fraction of sp³-hybridized carbons (Fsp3) is 0.850. The minimum Gasteiger partial charge on any atom is -0.458 e. The maximum atomic E-state index is 12.6. The standard InChI is InChI=1S/C40H76NO8P/c1-6-8-10-12-14-16-18-19-20-21-23-24-26-28-30-32-39(42)46-36-38(37-48-50(44,45)47-35-34-41(3,4)5)49-40(43)33-31-29-27-25-22-17-15-13-11-9-7-2/h26,28,30,32,38H,6-25,27,29,31,33-37H2,1-5H3/p+1/b28-26+,32-30+/t38-/m1/s1. The summed E-state index contributed by atoms with van der Waals surface area (Å²) in [6.45, 7) is 4.28. The number of carbonyl (C=O) groups excluding carboxylic acids is 2. The highest BCUT2D eigenvalue weighted by Crippen LogP contribution is 2.43. The van der Waals surface area contributed by atoms with Gasteiger partial charge in [0.15, 0.2) is 6.10 Å². The SMILES string of the molecule is CCCCCCCCCCCCC/C=C/C=C/C(=O)OC[C@H](COP(=O)(O)OCC[N+](C)(C)C)OC(=O)CCCCCCCCCCCCC. The molecule has 0 aliphatic carbocycles. The van der Waals surface area contributed by atoms with E-state index in [2.05, 4.69) is 13.8 Å². The molecule has 294 valence electrons. The van der Waals surface area contributed by atoms with Crippen molar-refractivity contribution in [3.8, 4) is 0 Å². The van der Waals surface area contributed by atoms with E-state index in [1.54, 1.807) is 6.08 Å². The van der Waals surface area contributed by atoms with Crippen LogP contribution in [0.2, 0.25) is 0 Å². The molecule has 0 amide bonds. The average molecular weight is 731 g/mol. The molecule has 0 heterocycles. The third-order valence-corrected chi connectivity index (χ3v) is 9.57. The zero-order chi connectivity index (χ0) is 37.2. The number of likely N-dealkylation sites (N-methyl/N-ethyl adjacent to an activating group) is 1. The van der Waals surface area contributed by atoms with Gasteiger partial charge in [-0.1, -0.05) is 160 Å². The summed E-state index contributed by atoms with van der Waals surface area (Å²) >= 11 is 0. The van der Waals surface area contributed by atoms with Gasteiger partial charge in [0, 0.05) is 12.5 Å². The number of allylic oxidation sites excluding steroid dienone is 3. The van der Waals surface area contributed by atoms with Crippen molar-refractivity contribution in [2.24, 2.45) is 0 Å². The summed E-state index contributed by atoms with van der Waals surface area (Å²) in [6, 6.07) is 0. The number of nitrogens with zero attached hydrogens (tertiary/aromatic N) is 1. The molecule has 0 rings (SSSR count). The van der Waals surface area contributed by atoms with Gasteiger partial charge in [0.05, 0.1) is 27.7 Å². The van der Waals surface area contributed by atoms with Crippen molar-refractivity contribution >= 4 is 19.8 Å². The normalized spacial score (nSPS) is 14.0. The molecule has 0 fully saturated rings. The third kappa shape index (κ3) is 36.3. The van der Waals surface area contributed by atoms with Crippen LogP contribution in [0.25, 0.3) is 0 Å². The molecule has 0 radical (unpaired) electrons. The maximum absolute atomic E-state index is 12.6. The predicted molar refractivity (Wildman–Crippen MR) is 206 cm³/mol. The van der Waals surface area contributed by atoms with E-state index in [0.717, 1.165) is 32.1 Å². The van der Waals surface area contributed by atoms with Crippen molar-refractivity contribution in [1.29, 1.82) is 0 Å². The Hall–Kier alpha value is -1.51. The summed E-state index contributed by atoms with van der Waals surface area (Å²) in [4.78, 5) is 35.0. The Morgan fingerprint density at radius 2 is 1.14 bits per heavy atom. The lowest BCUT2D eigenvalue weighted by Crippen LogP contribution is -2.37. The molecule has 50 heavy (non-hydrogen) atoms.